The lowest BCUT2D eigenvalue weighted by molar-refractivity contribution is -0.137. The Morgan fingerprint density at radius 3 is 2.08 bits per heavy atom. The molecule has 36 heavy (non-hydrogen) atoms. The van der Waals surface area contributed by atoms with Crippen molar-refractivity contribution in [2.75, 3.05) is 0 Å². The van der Waals surface area contributed by atoms with Crippen molar-refractivity contribution in [1.82, 2.24) is 4.90 Å². The van der Waals surface area contributed by atoms with Crippen molar-refractivity contribution in [1.29, 1.82) is 0 Å². The molecule has 0 aliphatic heterocycles. The first kappa shape index (κ1) is 26.5. The number of rotatable bonds is 10. The van der Waals surface area contributed by atoms with E-state index < -0.39 is 41.0 Å². The summed E-state index contributed by atoms with van der Waals surface area (Å²) in [6.07, 6.45) is -0.0845. The van der Waals surface area contributed by atoms with Crippen LogP contribution in [0, 0.1) is 11.6 Å². The zero-order valence-corrected chi connectivity index (χ0v) is 20.1. The van der Waals surface area contributed by atoms with Gasteiger partial charge in [0.2, 0.25) is 5.91 Å². The van der Waals surface area contributed by atoms with Crippen molar-refractivity contribution in [2.24, 2.45) is 5.73 Å². The summed E-state index contributed by atoms with van der Waals surface area (Å²) in [5, 5.41) is 9.19. The molecular formula is C28H28F2N2O4. The van der Waals surface area contributed by atoms with Crippen LogP contribution in [0.2, 0.25) is 0 Å². The highest BCUT2D eigenvalue weighted by Gasteiger charge is 2.39. The lowest BCUT2D eigenvalue weighted by Crippen LogP contribution is -2.58. The molecule has 0 aliphatic carbocycles. The van der Waals surface area contributed by atoms with E-state index in [4.69, 9.17) is 5.73 Å². The quantitative estimate of drug-likeness (QED) is 0.422. The molecule has 0 bridgehead atoms. The fourth-order valence-electron chi connectivity index (χ4n) is 4.30. The zero-order chi connectivity index (χ0) is 26.5. The van der Waals surface area contributed by atoms with E-state index in [0.29, 0.717) is 17.5 Å². The van der Waals surface area contributed by atoms with Gasteiger partial charge in [-0.25, -0.2) is 8.78 Å². The number of carboxylic acid groups (broad SMARTS) is 1. The molecule has 0 saturated heterocycles. The van der Waals surface area contributed by atoms with Crippen LogP contribution in [0.3, 0.4) is 0 Å². The first-order chi connectivity index (χ1) is 17.0. The molecule has 0 heterocycles. The number of halogens is 2. The largest absolute Gasteiger partial charge is 0.481 e. The van der Waals surface area contributed by atoms with E-state index >= 15 is 0 Å². The van der Waals surface area contributed by atoms with Crippen LogP contribution in [0.25, 0.3) is 11.1 Å². The second-order valence-electron chi connectivity index (χ2n) is 9.21. The van der Waals surface area contributed by atoms with Gasteiger partial charge in [-0.3, -0.25) is 14.4 Å². The topological polar surface area (TPSA) is 101 Å². The second-order valence-corrected chi connectivity index (χ2v) is 9.21. The van der Waals surface area contributed by atoms with E-state index in [1.165, 1.54) is 23.1 Å². The van der Waals surface area contributed by atoms with Crippen LogP contribution in [-0.2, 0) is 16.0 Å². The van der Waals surface area contributed by atoms with Crippen LogP contribution in [0.5, 0.6) is 0 Å². The molecule has 0 saturated carbocycles. The van der Waals surface area contributed by atoms with Crippen LogP contribution in [0.4, 0.5) is 8.78 Å². The summed E-state index contributed by atoms with van der Waals surface area (Å²) in [6.45, 7) is 3.59. The molecule has 8 heteroatoms. The van der Waals surface area contributed by atoms with Gasteiger partial charge in [0.25, 0.3) is 5.91 Å². The summed E-state index contributed by atoms with van der Waals surface area (Å²) >= 11 is 0. The Bertz CT molecular complexity index is 1240. The van der Waals surface area contributed by atoms with Crippen molar-refractivity contribution in [2.45, 2.75) is 44.7 Å². The minimum Gasteiger partial charge on any atom is -0.481 e. The number of nitrogens with two attached hydrogens (primary N) is 1. The van der Waals surface area contributed by atoms with Gasteiger partial charge in [-0.05, 0) is 67.6 Å². The van der Waals surface area contributed by atoms with Crippen molar-refractivity contribution in [3.63, 3.8) is 0 Å². The van der Waals surface area contributed by atoms with Gasteiger partial charge in [0.15, 0.2) is 11.6 Å². The highest BCUT2D eigenvalue weighted by Crippen LogP contribution is 2.29. The summed E-state index contributed by atoms with van der Waals surface area (Å²) in [5.41, 5.74) is 6.93. The van der Waals surface area contributed by atoms with Gasteiger partial charge in [0.1, 0.15) is 6.04 Å². The molecule has 188 valence electrons. The molecule has 0 aliphatic rings. The first-order valence-corrected chi connectivity index (χ1v) is 11.4. The molecule has 1 atom stereocenters. The number of benzene rings is 3. The van der Waals surface area contributed by atoms with Crippen molar-refractivity contribution in [3.05, 3.63) is 95.6 Å². The Labute approximate surface area is 208 Å². The van der Waals surface area contributed by atoms with Crippen LogP contribution in [0.1, 0.15) is 42.6 Å². The smallest absolute Gasteiger partial charge is 0.303 e. The van der Waals surface area contributed by atoms with E-state index in [-0.39, 0.29) is 18.4 Å². The van der Waals surface area contributed by atoms with Gasteiger partial charge in [0, 0.05) is 17.5 Å². The summed E-state index contributed by atoms with van der Waals surface area (Å²) in [4.78, 5) is 38.8. The number of nitrogens with zero attached hydrogens (tertiary/aromatic N) is 1. The number of aliphatic carboxylic acids is 1. The monoisotopic (exact) mass is 494 g/mol. The van der Waals surface area contributed by atoms with Gasteiger partial charge in [-0.15, -0.1) is 0 Å². The number of amides is 2. The van der Waals surface area contributed by atoms with Gasteiger partial charge < -0.3 is 15.7 Å². The predicted molar refractivity (Wildman–Crippen MR) is 132 cm³/mol. The summed E-state index contributed by atoms with van der Waals surface area (Å²) in [6, 6.07) is 18.0. The van der Waals surface area contributed by atoms with Crippen LogP contribution >= 0.6 is 0 Å². The summed E-state index contributed by atoms with van der Waals surface area (Å²) < 4.78 is 27.0. The zero-order valence-electron chi connectivity index (χ0n) is 20.1. The van der Waals surface area contributed by atoms with E-state index in [0.717, 1.165) is 17.7 Å². The van der Waals surface area contributed by atoms with E-state index in [1.54, 1.807) is 26.0 Å². The van der Waals surface area contributed by atoms with Gasteiger partial charge in [0.05, 0.1) is 0 Å². The second kappa shape index (κ2) is 11.1. The highest BCUT2D eigenvalue weighted by molar-refractivity contribution is 5.98. The Morgan fingerprint density at radius 2 is 1.53 bits per heavy atom. The fourth-order valence-corrected chi connectivity index (χ4v) is 4.30. The predicted octanol–water partition coefficient (Wildman–Crippen LogP) is 4.81. The minimum atomic E-state index is -1.15. The molecule has 3 aromatic rings. The SMILES string of the molecule is CC(C)(Cc1ccccc1)N(C(=O)c1ccc(-c2ccc(F)c(F)c2)cc1)[C@@H](CCC(=O)O)C(N)=O. The van der Waals surface area contributed by atoms with E-state index in [1.807, 2.05) is 30.3 Å². The van der Waals surface area contributed by atoms with Crippen molar-refractivity contribution >= 4 is 17.8 Å². The molecule has 3 aromatic carbocycles. The number of hydrogen-bond donors (Lipinski definition) is 2. The molecule has 0 unspecified atom stereocenters. The maximum atomic E-state index is 13.8. The van der Waals surface area contributed by atoms with Crippen LogP contribution in [-0.4, -0.2) is 39.4 Å². The number of carboxylic acids is 1. The minimum absolute atomic E-state index is 0.137. The van der Waals surface area contributed by atoms with Gasteiger partial charge in [-0.2, -0.15) is 0 Å². The number of hydrogen-bond acceptors (Lipinski definition) is 3. The molecule has 0 spiro atoms. The molecular weight excluding hydrogens is 466 g/mol. The van der Waals surface area contributed by atoms with Gasteiger partial charge >= 0.3 is 5.97 Å². The summed E-state index contributed by atoms with van der Waals surface area (Å²) in [7, 11) is 0. The third-order valence-corrected chi connectivity index (χ3v) is 6.01. The van der Waals surface area contributed by atoms with Crippen LogP contribution in [0.15, 0.2) is 72.8 Å². The third kappa shape index (κ3) is 6.33. The normalized spacial score (nSPS) is 12.1. The molecule has 6 nitrogen and oxygen atoms in total. The molecule has 0 aromatic heterocycles. The van der Waals surface area contributed by atoms with Crippen molar-refractivity contribution in [3.8, 4) is 11.1 Å². The number of carbonyl (C=O) groups is 3. The Kier molecular flexibility index (Phi) is 8.19. The molecule has 3 rings (SSSR count). The maximum absolute atomic E-state index is 13.8. The van der Waals surface area contributed by atoms with Crippen molar-refractivity contribution < 1.29 is 28.3 Å². The molecule has 0 radical (unpaired) electrons. The fraction of sp³-hybridized carbons (Fsp3) is 0.250. The Morgan fingerprint density at radius 1 is 0.917 bits per heavy atom. The van der Waals surface area contributed by atoms with Crippen LogP contribution < -0.4 is 5.73 Å². The summed E-state index contributed by atoms with van der Waals surface area (Å²) in [5.74, 6) is -4.35. The lowest BCUT2D eigenvalue weighted by atomic mass is 9.89. The molecule has 3 N–H and O–H groups in total. The molecule has 2 amide bonds. The van der Waals surface area contributed by atoms with E-state index in [2.05, 4.69) is 0 Å². The van der Waals surface area contributed by atoms with E-state index in [9.17, 15) is 28.3 Å². The highest BCUT2D eigenvalue weighted by atomic mass is 19.2. The average Bonchev–Trinajstić information content (AvgIpc) is 2.83. The number of primary amides is 1. The third-order valence-electron chi connectivity index (χ3n) is 6.01. The first-order valence-electron chi connectivity index (χ1n) is 11.4. The van der Waals surface area contributed by atoms with Gasteiger partial charge in [-0.1, -0.05) is 48.5 Å². The standard InChI is InChI=1S/C28H28F2N2O4/c1-28(2,17-18-6-4-3-5-7-18)32(24(26(31)35)14-15-25(33)34)27(36)20-10-8-19(9-11-20)21-12-13-22(29)23(30)16-21/h3-13,16,24H,14-15,17H2,1-2H3,(H2,31,35)(H,33,34)/t24-/m0/s1. The average molecular weight is 495 g/mol. The molecule has 0 fully saturated rings. The Hall–Kier alpha value is -4.07. The number of carbonyl (C=O) groups excluding carboxylic acids is 2. The maximum Gasteiger partial charge on any atom is 0.303 e. The lowest BCUT2D eigenvalue weighted by Gasteiger charge is -2.43. The Balaban J connectivity index is 1.99.